The van der Waals surface area contributed by atoms with Crippen LogP contribution in [0.15, 0.2) is 52.9 Å². The number of aromatic nitrogens is 1. The molecular formula is C16H13ClN2O2. The Balaban J connectivity index is 1.60. The van der Waals surface area contributed by atoms with Crippen molar-refractivity contribution in [2.24, 2.45) is 0 Å². The van der Waals surface area contributed by atoms with Crippen LogP contribution in [0.5, 0.6) is 0 Å². The van der Waals surface area contributed by atoms with Crippen molar-refractivity contribution < 1.29 is 9.21 Å². The lowest BCUT2D eigenvalue weighted by molar-refractivity contribution is -0.120. The third-order valence-corrected chi connectivity index (χ3v) is 3.26. The van der Waals surface area contributed by atoms with E-state index >= 15 is 0 Å². The highest BCUT2D eigenvalue weighted by molar-refractivity contribution is 6.30. The van der Waals surface area contributed by atoms with Gasteiger partial charge in [-0.05, 0) is 29.8 Å². The molecule has 3 aromatic rings. The van der Waals surface area contributed by atoms with E-state index in [9.17, 15) is 4.79 Å². The Morgan fingerprint density at radius 3 is 2.86 bits per heavy atom. The van der Waals surface area contributed by atoms with Crippen LogP contribution in [0.1, 0.15) is 11.5 Å². The summed E-state index contributed by atoms with van der Waals surface area (Å²) in [6.45, 7) is 0.272. The van der Waals surface area contributed by atoms with Gasteiger partial charge in [-0.3, -0.25) is 4.79 Å². The first kappa shape index (κ1) is 13.6. The van der Waals surface area contributed by atoms with Gasteiger partial charge in [0.2, 0.25) is 11.8 Å². The molecule has 5 heteroatoms. The summed E-state index contributed by atoms with van der Waals surface area (Å²) in [5.74, 6) is 0.398. The number of oxazole rings is 1. The summed E-state index contributed by atoms with van der Waals surface area (Å²) >= 11 is 5.89. The molecule has 1 N–H and O–H groups in total. The van der Waals surface area contributed by atoms with E-state index in [1.807, 2.05) is 36.4 Å². The minimum atomic E-state index is -0.0977. The summed E-state index contributed by atoms with van der Waals surface area (Å²) in [5, 5.41) is 3.41. The second-order valence-electron chi connectivity index (χ2n) is 4.66. The molecule has 0 saturated heterocycles. The molecule has 0 radical (unpaired) electrons. The molecule has 2 aromatic carbocycles. The van der Waals surface area contributed by atoms with Gasteiger partial charge < -0.3 is 9.73 Å². The molecule has 106 valence electrons. The number of halogens is 1. The molecule has 0 aliphatic rings. The molecule has 3 rings (SSSR count). The number of rotatable bonds is 4. The molecule has 0 unspecified atom stereocenters. The maximum atomic E-state index is 11.9. The van der Waals surface area contributed by atoms with Gasteiger partial charge >= 0.3 is 0 Å². The number of hydrogen-bond acceptors (Lipinski definition) is 3. The summed E-state index contributed by atoms with van der Waals surface area (Å²) in [6, 6.07) is 14.7. The highest BCUT2D eigenvalue weighted by Crippen LogP contribution is 2.14. The molecule has 0 bridgehead atoms. The lowest BCUT2D eigenvalue weighted by atomic mass is 10.1. The van der Waals surface area contributed by atoms with Gasteiger partial charge in [0.05, 0.1) is 13.0 Å². The topological polar surface area (TPSA) is 55.1 Å². The third kappa shape index (κ3) is 3.41. The number of amides is 1. The second kappa shape index (κ2) is 5.97. The van der Waals surface area contributed by atoms with Crippen LogP contribution in [0.25, 0.3) is 11.1 Å². The molecule has 1 aromatic heterocycles. The van der Waals surface area contributed by atoms with Crippen LogP contribution in [0.3, 0.4) is 0 Å². The summed E-state index contributed by atoms with van der Waals surface area (Å²) < 4.78 is 5.54. The van der Waals surface area contributed by atoms with E-state index < -0.39 is 0 Å². The summed E-state index contributed by atoms with van der Waals surface area (Å²) in [4.78, 5) is 16.2. The summed E-state index contributed by atoms with van der Waals surface area (Å²) in [6.07, 6.45) is 0.279. The first-order valence-electron chi connectivity index (χ1n) is 6.56. The van der Waals surface area contributed by atoms with Gasteiger partial charge in [-0.25, -0.2) is 4.98 Å². The lowest BCUT2D eigenvalue weighted by Gasteiger charge is -2.03. The van der Waals surface area contributed by atoms with Gasteiger partial charge in [-0.2, -0.15) is 0 Å². The fraction of sp³-hybridized carbons (Fsp3) is 0.125. The van der Waals surface area contributed by atoms with Crippen molar-refractivity contribution in [1.82, 2.24) is 10.3 Å². The fourth-order valence-corrected chi connectivity index (χ4v) is 2.28. The first-order chi connectivity index (χ1) is 10.2. The molecule has 1 heterocycles. The molecule has 21 heavy (non-hydrogen) atoms. The predicted molar refractivity (Wildman–Crippen MR) is 81.0 cm³/mol. The van der Waals surface area contributed by atoms with Crippen molar-refractivity contribution in [3.05, 3.63) is 65.0 Å². The molecular weight excluding hydrogens is 288 g/mol. The van der Waals surface area contributed by atoms with Crippen molar-refractivity contribution in [3.63, 3.8) is 0 Å². The number of hydrogen-bond donors (Lipinski definition) is 1. The van der Waals surface area contributed by atoms with Crippen LogP contribution in [-0.4, -0.2) is 10.9 Å². The third-order valence-electron chi connectivity index (χ3n) is 3.03. The second-order valence-corrected chi connectivity index (χ2v) is 5.10. The number of nitrogens with zero attached hydrogens (tertiary/aromatic N) is 1. The molecule has 0 aliphatic carbocycles. The van der Waals surface area contributed by atoms with E-state index in [4.69, 9.17) is 16.0 Å². The Bertz CT molecular complexity index is 750. The van der Waals surface area contributed by atoms with Crippen LogP contribution >= 0.6 is 11.6 Å². The summed E-state index contributed by atoms with van der Waals surface area (Å²) in [7, 11) is 0. The highest BCUT2D eigenvalue weighted by atomic mass is 35.5. The van der Waals surface area contributed by atoms with E-state index in [1.54, 1.807) is 12.1 Å². The average molecular weight is 301 g/mol. The lowest BCUT2D eigenvalue weighted by Crippen LogP contribution is -2.24. The van der Waals surface area contributed by atoms with Crippen LogP contribution in [-0.2, 0) is 17.8 Å². The Morgan fingerprint density at radius 2 is 2.05 bits per heavy atom. The number of benzene rings is 2. The molecule has 1 amide bonds. The zero-order valence-electron chi connectivity index (χ0n) is 11.2. The Labute approximate surface area is 126 Å². The van der Waals surface area contributed by atoms with Gasteiger partial charge in [0.1, 0.15) is 5.52 Å². The van der Waals surface area contributed by atoms with Gasteiger partial charge in [0, 0.05) is 5.02 Å². The van der Waals surface area contributed by atoms with Crippen molar-refractivity contribution in [2.75, 3.05) is 0 Å². The molecule has 0 fully saturated rings. The number of nitrogens with one attached hydrogen (secondary N) is 1. The Hall–Kier alpha value is -2.33. The maximum absolute atomic E-state index is 11.9. The minimum absolute atomic E-state index is 0.0977. The molecule has 0 saturated carbocycles. The molecule has 0 spiro atoms. The zero-order chi connectivity index (χ0) is 14.7. The Morgan fingerprint density at radius 1 is 1.19 bits per heavy atom. The van der Waals surface area contributed by atoms with Gasteiger partial charge in [-0.1, -0.05) is 35.9 Å². The molecule has 0 aliphatic heterocycles. The van der Waals surface area contributed by atoms with Gasteiger partial charge in [0.25, 0.3) is 0 Å². The SMILES string of the molecule is O=C(Cc1cccc(Cl)c1)NCc1nc2ccccc2o1. The van der Waals surface area contributed by atoms with Crippen molar-refractivity contribution in [3.8, 4) is 0 Å². The van der Waals surface area contributed by atoms with Gasteiger partial charge in [-0.15, -0.1) is 0 Å². The number of para-hydroxylation sites is 2. The smallest absolute Gasteiger partial charge is 0.224 e. The van der Waals surface area contributed by atoms with E-state index in [-0.39, 0.29) is 18.9 Å². The monoisotopic (exact) mass is 300 g/mol. The summed E-state index contributed by atoms with van der Waals surface area (Å²) in [5.41, 5.74) is 2.38. The van der Waals surface area contributed by atoms with Crippen LogP contribution in [0.4, 0.5) is 0 Å². The first-order valence-corrected chi connectivity index (χ1v) is 6.94. The minimum Gasteiger partial charge on any atom is -0.439 e. The van der Waals surface area contributed by atoms with E-state index in [1.165, 1.54) is 0 Å². The van der Waals surface area contributed by atoms with Crippen molar-refractivity contribution >= 4 is 28.6 Å². The number of carbonyl (C=O) groups is 1. The molecule has 0 atom stereocenters. The maximum Gasteiger partial charge on any atom is 0.224 e. The van der Waals surface area contributed by atoms with E-state index in [2.05, 4.69) is 10.3 Å². The van der Waals surface area contributed by atoms with E-state index in [0.717, 1.165) is 16.7 Å². The standard InChI is InChI=1S/C16H13ClN2O2/c17-12-5-3-4-11(8-12)9-15(20)18-10-16-19-13-6-1-2-7-14(13)21-16/h1-8H,9-10H2,(H,18,20). The molecule has 4 nitrogen and oxygen atoms in total. The zero-order valence-corrected chi connectivity index (χ0v) is 11.9. The van der Waals surface area contributed by atoms with E-state index in [0.29, 0.717) is 10.9 Å². The average Bonchev–Trinajstić information content (AvgIpc) is 2.88. The van der Waals surface area contributed by atoms with Crippen molar-refractivity contribution in [2.45, 2.75) is 13.0 Å². The highest BCUT2D eigenvalue weighted by Gasteiger charge is 2.08. The van der Waals surface area contributed by atoms with Crippen LogP contribution in [0.2, 0.25) is 5.02 Å². The van der Waals surface area contributed by atoms with Gasteiger partial charge in [0.15, 0.2) is 5.58 Å². The van der Waals surface area contributed by atoms with Crippen LogP contribution < -0.4 is 5.32 Å². The largest absolute Gasteiger partial charge is 0.439 e. The number of carbonyl (C=O) groups excluding carboxylic acids is 1. The van der Waals surface area contributed by atoms with Crippen molar-refractivity contribution in [1.29, 1.82) is 0 Å². The Kier molecular flexibility index (Phi) is 3.88. The number of fused-ring (bicyclic) bond motifs is 1. The quantitative estimate of drug-likeness (QED) is 0.804. The van der Waals surface area contributed by atoms with Crippen LogP contribution in [0, 0.1) is 0 Å². The fourth-order valence-electron chi connectivity index (χ4n) is 2.06. The normalized spacial score (nSPS) is 10.7. The predicted octanol–water partition coefficient (Wildman–Crippen LogP) is 3.34.